The largest absolute Gasteiger partial charge is 0.340 e. The summed E-state index contributed by atoms with van der Waals surface area (Å²) in [4.78, 5) is 9.96. The molecule has 4 rings (SSSR count). The zero-order valence-corrected chi connectivity index (χ0v) is 23.3. The van der Waals surface area contributed by atoms with Crippen LogP contribution in [0.4, 0.5) is 11.4 Å². The van der Waals surface area contributed by atoms with Crippen molar-refractivity contribution in [1.82, 2.24) is 0 Å². The van der Waals surface area contributed by atoms with Gasteiger partial charge in [-0.2, -0.15) is 0 Å². The topological polar surface area (TPSA) is 36.8 Å². The fourth-order valence-corrected chi connectivity index (χ4v) is 6.65. The standard InChI is InChI=1S/C33H36N3P/c1-24(2)34-33(37(30-15-8-6-9-16-30)31-17-10-7-11-18-31)36-29-21-19-28(20-22-29)35-27(5)23-32-25(3)13-12-14-26(32)4/h6-22,24H,23H2,1-5H3,(H,34,36). The van der Waals surface area contributed by atoms with Crippen molar-refractivity contribution in [2.75, 3.05) is 5.32 Å². The minimum atomic E-state index is -0.815. The molecule has 0 aliphatic carbocycles. The van der Waals surface area contributed by atoms with Crippen molar-refractivity contribution in [2.45, 2.75) is 47.1 Å². The second-order valence-electron chi connectivity index (χ2n) is 9.62. The van der Waals surface area contributed by atoms with Gasteiger partial charge in [-0.05, 0) is 86.2 Å². The number of nitrogens with one attached hydrogen (secondary N) is 1. The Bertz CT molecular complexity index is 1300. The van der Waals surface area contributed by atoms with E-state index >= 15 is 0 Å². The number of anilines is 1. The number of aryl methyl sites for hydroxylation is 2. The molecule has 4 aromatic carbocycles. The van der Waals surface area contributed by atoms with E-state index < -0.39 is 7.92 Å². The van der Waals surface area contributed by atoms with Crippen LogP contribution in [0.2, 0.25) is 0 Å². The van der Waals surface area contributed by atoms with E-state index in [1.165, 1.54) is 27.3 Å². The zero-order chi connectivity index (χ0) is 26.2. The predicted octanol–water partition coefficient (Wildman–Crippen LogP) is 7.95. The van der Waals surface area contributed by atoms with Crippen molar-refractivity contribution in [1.29, 1.82) is 0 Å². The smallest absolute Gasteiger partial charge is 0.133 e. The summed E-state index contributed by atoms with van der Waals surface area (Å²) >= 11 is 0. The van der Waals surface area contributed by atoms with E-state index in [2.05, 4.69) is 143 Å². The fraction of sp³-hybridized carbons (Fsp3) is 0.212. The van der Waals surface area contributed by atoms with Crippen molar-refractivity contribution in [3.8, 4) is 0 Å². The molecule has 37 heavy (non-hydrogen) atoms. The van der Waals surface area contributed by atoms with E-state index in [1.54, 1.807) is 0 Å². The molecular weight excluding hydrogens is 469 g/mol. The lowest BCUT2D eigenvalue weighted by Gasteiger charge is -2.23. The molecule has 4 heteroatoms. The average Bonchev–Trinajstić information content (AvgIpc) is 2.88. The highest BCUT2D eigenvalue weighted by Gasteiger charge is 2.21. The number of aliphatic imine (C=N–C) groups is 2. The Labute approximate surface area is 223 Å². The van der Waals surface area contributed by atoms with E-state index in [-0.39, 0.29) is 6.04 Å². The molecule has 0 saturated heterocycles. The molecule has 188 valence electrons. The van der Waals surface area contributed by atoms with Gasteiger partial charge in [0.25, 0.3) is 0 Å². The molecule has 0 aromatic heterocycles. The SMILES string of the molecule is CC(Cc1c(C)cccc1C)=Nc1ccc(NC(=NC(C)C)P(c2ccccc2)c2ccccc2)cc1. The summed E-state index contributed by atoms with van der Waals surface area (Å²) in [7, 11) is -0.815. The summed E-state index contributed by atoms with van der Waals surface area (Å²) < 4.78 is 0. The first-order valence-corrected chi connectivity index (χ1v) is 14.2. The molecule has 0 aliphatic rings. The molecule has 4 aromatic rings. The number of amidine groups is 1. The Morgan fingerprint density at radius 2 is 1.27 bits per heavy atom. The number of rotatable bonds is 8. The number of nitrogens with zero attached hydrogens (tertiary/aromatic N) is 2. The third-order valence-electron chi connectivity index (χ3n) is 6.14. The van der Waals surface area contributed by atoms with E-state index in [1.807, 2.05) is 0 Å². The number of hydrogen-bond acceptors (Lipinski definition) is 2. The van der Waals surface area contributed by atoms with Gasteiger partial charge < -0.3 is 5.32 Å². The third-order valence-corrected chi connectivity index (χ3v) is 8.42. The molecule has 0 amide bonds. The van der Waals surface area contributed by atoms with Gasteiger partial charge in [0.15, 0.2) is 0 Å². The molecule has 0 spiro atoms. The first-order chi connectivity index (χ1) is 17.9. The Hall–Kier alpha value is -3.55. The van der Waals surface area contributed by atoms with E-state index in [0.717, 1.165) is 29.1 Å². The number of hydrogen-bond donors (Lipinski definition) is 1. The Balaban J connectivity index is 1.59. The van der Waals surface area contributed by atoms with Gasteiger partial charge in [-0.15, -0.1) is 0 Å². The lowest BCUT2D eigenvalue weighted by Crippen LogP contribution is -2.24. The van der Waals surface area contributed by atoms with Crippen molar-refractivity contribution in [2.24, 2.45) is 9.98 Å². The minimum absolute atomic E-state index is 0.177. The quantitative estimate of drug-likeness (QED) is 0.147. The summed E-state index contributed by atoms with van der Waals surface area (Å²) in [6.07, 6.45) is 0.863. The molecule has 0 unspecified atom stereocenters. The second-order valence-corrected chi connectivity index (χ2v) is 11.7. The van der Waals surface area contributed by atoms with Crippen LogP contribution in [0.25, 0.3) is 0 Å². The van der Waals surface area contributed by atoms with Crippen LogP contribution in [-0.2, 0) is 6.42 Å². The Morgan fingerprint density at radius 3 is 1.78 bits per heavy atom. The molecule has 1 N–H and O–H groups in total. The summed E-state index contributed by atoms with van der Waals surface area (Å²) in [6, 6.07) is 36.4. The van der Waals surface area contributed by atoms with Gasteiger partial charge in [-0.25, -0.2) is 0 Å². The highest BCUT2D eigenvalue weighted by Crippen LogP contribution is 2.36. The van der Waals surface area contributed by atoms with Gasteiger partial charge in [0.1, 0.15) is 5.58 Å². The lowest BCUT2D eigenvalue weighted by molar-refractivity contribution is 0.839. The van der Waals surface area contributed by atoms with Crippen LogP contribution in [0.15, 0.2) is 113 Å². The van der Waals surface area contributed by atoms with Gasteiger partial charge in [0, 0.05) is 31.8 Å². The molecule has 0 bridgehead atoms. The van der Waals surface area contributed by atoms with Crippen LogP contribution in [0, 0.1) is 13.8 Å². The van der Waals surface area contributed by atoms with Crippen molar-refractivity contribution in [3.63, 3.8) is 0 Å². The van der Waals surface area contributed by atoms with E-state index in [0.29, 0.717) is 0 Å². The second kappa shape index (κ2) is 12.6. The highest BCUT2D eigenvalue weighted by atomic mass is 31.1. The maximum absolute atomic E-state index is 5.07. The van der Waals surface area contributed by atoms with Gasteiger partial charge in [-0.1, -0.05) is 78.9 Å². The molecule has 0 aliphatic heterocycles. The summed E-state index contributed by atoms with van der Waals surface area (Å²) in [5.41, 5.74) is 8.10. The third kappa shape index (κ3) is 7.24. The normalized spacial score (nSPS) is 12.3. The molecule has 0 heterocycles. The van der Waals surface area contributed by atoms with Crippen molar-refractivity contribution in [3.05, 3.63) is 120 Å². The molecular formula is C33H36N3P. The maximum atomic E-state index is 5.07. The first kappa shape index (κ1) is 26.5. The molecule has 0 saturated carbocycles. The molecule has 0 fully saturated rings. The van der Waals surface area contributed by atoms with Crippen molar-refractivity contribution >= 4 is 41.2 Å². The van der Waals surface area contributed by atoms with Crippen LogP contribution in [0.1, 0.15) is 37.5 Å². The summed E-state index contributed by atoms with van der Waals surface area (Å²) in [6.45, 7) is 10.7. The van der Waals surface area contributed by atoms with E-state index in [4.69, 9.17) is 9.98 Å². The molecule has 0 atom stereocenters. The van der Waals surface area contributed by atoms with Gasteiger partial charge in [0.2, 0.25) is 0 Å². The average molecular weight is 506 g/mol. The van der Waals surface area contributed by atoms with Crippen LogP contribution in [0.3, 0.4) is 0 Å². The molecule has 3 nitrogen and oxygen atoms in total. The first-order valence-electron chi connectivity index (χ1n) is 12.8. The van der Waals surface area contributed by atoms with Crippen LogP contribution in [0.5, 0.6) is 0 Å². The van der Waals surface area contributed by atoms with Crippen LogP contribution >= 0.6 is 7.92 Å². The van der Waals surface area contributed by atoms with Crippen LogP contribution < -0.4 is 15.9 Å². The number of benzene rings is 4. The highest BCUT2D eigenvalue weighted by molar-refractivity contribution is 7.88. The monoisotopic (exact) mass is 505 g/mol. The summed E-state index contributed by atoms with van der Waals surface area (Å²) in [5.74, 6) is 0. The minimum Gasteiger partial charge on any atom is -0.340 e. The van der Waals surface area contributed by atoms with Crippen molar-refractivity contribution < 1.29 is 0 Å². The van der Waals surface area contributed by atoms with Gasteiger partial charge in [0.05, 0.1) is 5.69 Å². The van der Waals surface area contributed by atoms with Gasteiger partial charge >= 0.3 is 0 Å². The summed E-state index contributed by atoms with van der Waals surface area (Å²) in [5, 5.41) is 6.23. The van der Waals surface area contributed by atoms with E-state index in [9.17, 15) is 0 Å². The molecule has 0 radical (unpaired) electrons. The Kier molecular flexibility index (Phi) is 9.04. The zero-order valence-electron chi connectivity index (χ0n) is 22.4. The fourth-order valence-electron chi connectivity index (χ4n) is 4.33. The van der Waals surface area contributed by atoms with Gasteiger partial charge in [-0.3, -0.25) is 9.98 Å². The maximum Gasteiger partial charge on any atom is 0.133 e. The lowest BCUT2D eigenvalue weighted by atomic mass is 9.98. The Morgan fingerprint density at radius 1 is 0.730 bits per heavy atom. The predicted molar refractivity (Wildman–Crippen MR) is 164 cm³/mol. The van der Waals surface area contributed by atoms with Crippen LogP contribution in [-0.4, -0.2) is 17.3 Å².